The molecule has 6 rings (SSSR count). The Morgan fingerprint density at radius 1 is 0.897 bits per heavy atom. The Morgan fingerprint density at radius 3 is 2.31 bits per heavy atom. The van der Waals surface area contributed by atoms with Crippen molar-refractivity contribution in [2.45, 2.75) is 125 Å². The number of benzene rings is 1. The van der Waals surface area contributed by atoms with Gasteiger partial charge in [0.05, 0.1) is 5.56 Å². The van der Waals surface area contributed by atoms with Gasteiger partial charge in [0.2, 0.25) is 0 Å². The third kappa shape index (κ3) is 3.81. The first-order chi connectivity index (χ1) is 18.4. The largest absolute Gasteiger partial charge is 0.458 e. The second kappa shape index (κ2) is 9.22. The van der Waals surface area contributed by atoms with Crippen LogP contribution in [0, 0.1) is 50.7 Å². The summed E-state index contributed by atoms with van der Waals surface area (Å²) in [5.74, 6) is 3.12. The van der Waals surface area contributed by atoms with Crippen molar-refractivity contribution in [1.82, 2.24) is 0 Å². The summed E-state index contributed by atoms with van der Waals surface area (Å²) in [6.45, 7) is 17.4. The van der Waals surface area contributed by atoms with Crippen LogP contribution in [0.4, 0.5) is 0 Å². The fourth-order valence-corrected chi connectivity index (χ4v) is 12.1. The number of carbonyl (C=O) groups is 1. The van der Waals surface area contributed by atoms with Gasteiger partial charge in [0.15, 0.2) is 0 Å². The summed E-state index contributed by atoms with van der Waals surface area (Å²) in [4.78, 5) is 13.0. The fourth-order valence-electron chi connectivity index (χ4n) is 12.1. The molecule has 1 aromatic carbocycles. The molecule has 2 nitrogen and oxygen atoms in total. The maximum atomic E-state index is 13.0. The van der Waals surface area contributed by atoms with Gasteiger partial charge in [-0.1, -0.05) is 64.5 Å². The molecule has 0 heterocycles. The number of carbonyl (C=O) groups excluding carboxylic acids is 1. The van der Waals surface area contributed by atoms with E-state index in [4.69, 9.17) is 4.74 Å². The lowest BCUT2D eigenvalue weighted by Gasteiger charge is -2.63. The molecule has 0 saturated heterocycles. The van der Waals surface area contributed by atoms with Crippen LogP contribution in [-0.2, 0) is 4.74 Å². The van der Waals surface area contributed by atoms with Crippen LogP contribution in [0.15, 0.2) is 42.0 Å². The topological polar surface area (TPSA) is 26.3 Å². The second-order valence-corrected chi connectivity index (χ2v) is 16.1. The third-order valence-corrected chi connectivity index (χ3v) is 14.2. The van der Waals surface area contributed by atoms with Crippen molar-refractivity contribution in [2.75, 3.05) is 0 Å². The van der Waals surface area contributed by atoms with Crippen molar-refractivity contribution in [3.63, 3.8) is 0 Å². The van der Waals surface area contributed by atoms with Crippen LogP contribution in [0.25, 0.3) is 0 Å². The quantitative estimate of drug-likeness (QED) is 0.270. The van der Waals surface area contributed by atoms with E-state index in [1.807, 2.05) is 30.3 Å². The molecule has 5 fully saturated rings. The Hall–Kier alpha value is -1.57. The van der Waals surface area contributed by atoms with Gasteiger partial charge in [0.25, 0.3) is 0 Å². The van der Waals surface area contributed by atoms with E-state index in [2.05, 4.69) is 54.5 Å². The number of allylic oxidation sites excluding steroid dienone is 2. The highest BCUT2D eigenvalue weighted by atomic mass is 16.5. The predicted octanol–water partition coefficient (Wildman–Crippen LogP) is 10.0. The Morgan fingerprint density at radius 2 is 1.59 bits per heavy atom. The van der Waals surface area contributed by atoms with Crippen LogP contribution in [0.2, 0.25) is 0 Å². The van der Waals surface area contributed by atoms with Gasteiger partial charge < -0.3 is 4.74 Å². The van der Waals surface area contributed by atoms with Crippen LogP contribution >= 0.6 is 0 Å². The van der Waals surface area contributed by atoms with E-state index in [9.17, 15) is 4.79 Å². The molecule has 1 aromatic rings. The second-order valence-electron chi connectivity index (χ2n) is 16.1. The lowest BCUT2D eigenvalue weighted by molar-refractivity contribution is -0.162. The van der Waals surface area contributed by atoms with Crippen molar-refractivity contribution < 1.29 is 9.53 Å². The molecule has 5 aliphatic carbocycles. The summed E-state index contributed by atoms with van der Waals surface area (Å²) in [5.41, 5.74) is 4.20. The first kappa shape index (κ1) is 27.6. The molecular formula is C37H54O2. The standard InChI is InChI=1S/C37H54O2/c1-25(2)12-11-13-26(3)28-18-20-35(7)30-17-16-29-33(4,5)31(39-32(38)27-14-9-8-10-15-27)19-21-36(29)24-37(30,36)23-22-34(28,35)6/h8-10,12,14-15,26,28-31H,11,13,16-24H2,1-7H3/t26-,28+,29+,30+,31-,34+,35-,36+,37-/m0/s1. The zero-order valence-electron chi connectivity index (χ0n) is 25.9. The minimum absolute atomic E-state index is 0.0250. The predicted molar refractivity (Wildman–Crippen MR) is 160 cm³/mol. The summed E-state index contributed by atoms with van der Waals surface area (Å²) >= 11 is 0. The highest BCUT2D eigenvalue weighted by Crippen LogP contribution is 2.89. The minimum Gasteiger partial charge on any atom is -0.458 e. The van der Waals surface area contributed by atoms with Crippen molar-refractivity contribution in [2.24, 2.45) is 50.7 Å². The molecule has 5 aliphatic rings. The number of esters is 1. The third-order valence-electron chi connectivity index (χ3n) is 14.2. The van der Waals surface area contributed by atoms with Crippen molar-refractivity contribution in [1.29, 1.82) is 0 Å². The zero-order chi connectivity index (χ0) is 27.8. The number of ether oxygens (including phenoxy) is 1. The van der Waals surface area contributed by atoms with Gasteiger partial charge in [-0.15, -0.1) is 0 Å². The monoisotopic (exact) mass is 530 g/mol. The van der Waals surface area contributed by atoms with Crippen molar-refractivity contribution >= 4 is 5.97 Å². The molecule has 214 valence electrons. The van der Waals surface area contributed by atoms with Crippen LogP contribution in [0.1, 0.15) is 129 Å². The molecule has 0 unspecified atom stereocenters. The van der Waals surface area contributed by atoms with Crippen LogP contribution < -0.4 is 0 Å². The Bertz CT molecular complexity index is 1130. The van der Waals surface area contributed by atoms with Gasteiger partial charge >= 0.3 is 5.97 Å². The first-order valence-corrected chi connectivity index (χ1v) is 16.3. The average Bonchev–Trinajstić information content (AvgIpc) is 3.48. The Balaban J connectivity index is 1.21. The van der Waals surface area contributed by atoms with E-state index >= 15 is 0 Å². The maximum Gasteiger partial charge on any atom is 0.338 e. The number of hydrogen-bond acceptors (Lipinski definition) is 2. The maximum absolute atomic E-state index is 13.0. The molecule has 0 amide bonds. The molecule has 2 heteroatoms. The van der Waals surface area contributed by atoms with Crippen molar-refractivity contribution in [3.05, 3.63) is 47.5 Å². The lowest BCUT2D eigenvalue weighted by atomic mass is 9.41. The molecule has 0 N–H and O–H groups in total. The molecule has 9 atom stereocenters. The van der Waals surface area contributed by atoms with Crippen LogP contribution in [0.5, 0.6) is 0 Å². The summed E-state index contributed by atoms with van der Waals surface area (Å²) in [6, 6.07) is 9.60. The summed E-state index contributed by atoms with van der Waals surface area (Å²) < 4.78 is 6.29. The molecule has 0 aliphatic heterocycles. The zero-order valence-corrected chi connectivity index (χ0v) is 25.9. The van der Waals surface area contributed by atoms with E-state index in [1.165, 1.54) is 69.8 Å². The fraction of sp³-hybridized carbons (Fsp3) is 0.757. The van der Waals surface area contributed by atoms with Gasteiger partial charge in [-0.05, 0) is 142 Å². The van der Waals surface area contributed by atoms with E-state index in [0.717, 1.165) is 24.2 Å². The first-order valence-electron chi connectivity index (χ1n) is 16.3. The normalized spacial score (nSPS) is 44.2. The van der Waals surface area contributed by atoms with E-state index in [-0.39, 0.29) is 17.5 Å². The SMILES string of the molecule is CC(C)=CCC[C@H](C)[C@H]1CC[C@@]2(C)[C@H]3CC[C@@H]4C(C)(C)[C@@H](OC(=O)c5ccccc5)CC[C@@]45C[C@@]35CC[C@]12C. The number of rotatable bonds is 6. The van der Waals surface area contributed by atoms with Gasteiger partial charge in [0.1, 0.15) is 6.10 Å². The molecule has 0 aromatic heterocycles. The summed E-state index contributed by atoms with van der Waals surface area (Å²) in [7, 11) is 0. The molecule has 39 heavy (non-hydrogen) atoms. The van der Waals surface area contributed by atoms with E-state index < -0.39 is 0 Å². The minimum atomic E-state index is -0.138. The Labute approximate surface area is 238 Å². The molecule has 2 spiro atoms. The van der Waals surface area contributed by atoms with Crippen LogP contribution in [-0.4, -0.2) is 12.1 Å². The lowest BCUT2D eigenvalue weighted by Crippen LogP contribution is -2.58. The number of fused-ring (bicyclic) bond motifs is 2. The molecule has 5 saturated carbocycles. The summed E-state index contributed by atoms with van der Waals surface area (Å²) in [5, 5.41) is 0. The number of hydrogen-bond donors (Lipinski definition) is 0. The highest BCUT2D eigenvalue weighted by molar-refractivity contribution is 5.89. The average molecular weight is 531 g/mol. The smallest absolute Gasteiger partial charge is 0.338 e. The molecule has 0 bridgehead atoms. The van der Waals surface area contributed by atoms with Gasteiger partial charge in [-0.2, -0.15) is 0 Å². The van der Waals surface area contributed by atoms with Crippen LogP contribution in [0.3, 0.4) is 0 Å². The van der Waals surface area contributed by atoms with Gasteiger partial charge in [-0.25, -0.2) is 4.79 Å². The highest BCUT2D eigenvalue weighted by Gasteiger charge is 2.82. The summed E-state index contributed by atoms with van der Waals surface area (Å²) in [6.07, 6.45) is 17.3. The van der Waals surface area contributed by atoms with Crippen molar-refractivity contribution in [3.8, 4) is 0 Å². The molecule has 0 radical (unpaired) electrons. The van der Waals surface area contributed by atoms with E-state index in [1.54, 1.807) is 0 Å². The van der Waals surface area contributed by atoms with Gasteiger partial charge in [-0.3, -0.25) is 0 Å². The molecular weight excluding hydrogens is 476 g/mol. The van der Waals surface area contributed by atoms with Gasteiger partial charge in [0, 0.05) is 5.41 Å². The van der Waals surface area contributed by atoms with E-state index in [0.29, 0.717) is 33.1 Å². The Kier molecular flexibility index (Phi) is 6.52.